The van der Waals surface area contributed by atoms with Gasteiger partial charge in [0.15, 0.2) is 0 Å². The molecule has 0 bridgehead atoms. The zero-order valence-electron chi connectivity index (χ0n) is 8.46. The normalized spacial score (nSPS) is 9.32. The molecule has 0 aliphatic heterocycles. The molecular formula is C6H3O12Sb. The molecule has 0 aromatic rings. The molecule has 0 saturated heterocycles. The quantitative estimate of drug-likeness (QED) is 0.325. The maximum atomic E-state index is 10.6. The first-order valence-corrected chi connectivity index (χ1v) is 6.93. The number of carboxylic acids is 3. The number of carboxylic acid groups (broad SMARTS) is 3. The Morgan fingerprint density at radius 3 is 0.947 bits per heavy atom. The molecule has 0 aromatic carbocycles. The fourth-order valence-corrected chi connectivity index (χ4v) is 2.52. The molecule has 0 unspecified atom stereocenters. The van der Waals surface area contributed by atoms with Crippen LogP contribution in [0.1, 0.15) is 0 Å². The molecule has 3 N–H and O–H groups in total. The van der Waals surface area contributed by atoms with Crippen LogP contribution < -0.4 is 0 Å². The van der Waals surface area contributed by atoms with Crippen molar-refractivity contribution in [3.63, 3.8) is 0 Å². The predicted molar refractivity (Wildman–Crippen MR) is 46.9 cm³/mol. The third-order valence-corrected chi connectivity index (χ3v) is 3.69. The van der Waals surface area contributed by atoms with Gasteiger partial charge in [-0.2, -0.15) is 0 Å². The Labute approximate surface area is 111 Å². The molecule has 13 heteroatoms. The molecule has 0 aliphatic carbocycles. The third-order valence-electron chi connectivity index (χ3n) is 0.996. The summed E-state index contributed by atoms with van der Waals surface area (Å²) in [7, 11) is 0. The first kappa shape index (κ1) is 16.6. The summed E-state index contributed by atoms with van der Waals surface area (Å²) >= 11 is -4.75. The standard InChI is InChI=1S/3C2H2O4.Sb/c3*3-1(4)2(5)6;/h3*(H,3,4)(H,5,6);/q;;;+3/p-3. The summed E-state index contributed by atoms with van der Waals surface area (Å²) in [5, 5.41) is 24.5. The summed E-state index contributed by atoms with van der Waals surface area (Å²) in [5.74, 6) is -12.4. The topological polar surface area (TPSA) is 191 Å². The number of hydrogen-bond donors (Lipinski definition) is 3. The molecular weight excluding hydrogens is 386 g/mol. The van der Waals surface area contributed by atoms with E-state index in [1.54, 1.807) is 0 Å². The third kappa shape index (κ3) is 6.21. The second-order valence-electron chi connectivity index (χ2n) is 2.28. The van der Waals surface area contributed by atoms with Crippen molar-refractivity contribution < 1.29 is 53.1 Å². The van der Waals surface area contributed by atoms with Crippen LogP contribution in [-0.2, 0) is 37.8 Å². The van der Waals surface area contributed by atoms with Gasteiger partial charge in [-0.1, -0.05) is 0 Å². The Kier molecular flexibility index (Phi) is 6.27. The molecule has 0 aliphatic rings. The van der Waals surface area contributed by atoms with Gasteiger partial charge in [-0.3, -0.25) is 0 Å². The summed E-state index contributed by atoms with van der Waals surface area (Å²) in [6.45, 7) is 0. The number of hydrogen-bond acceptors (Lipinski definition) is 9. The minimum absolute atomic E-state index is 2.00. The van der Waals surface area contributed by atoms with Gasteiger partial charge in [0.2, 0.25) is 0 Å². The molecule has 0 spiro atoms. The van der Waals surface area contributed by atoms with Crippen molar-refractivity contribution in [1.29, 1.82) is 0 Å². The minimum atomic E-state index is -4.75. The van der Waals surface area contributed by atoms with Crippen molar-refractivity contribution in [2.24, 2.45) is 0 Å². The van der Waals surface area contributed by atoms with E-state index < -0.39 is 57.3 Å². The van der Waals surface area contributed by atoms with Gasteiger partial charge >= 0.3 is 110 Å². The monoisotopic (exact) mass is 388 g/mol. The van der Waals surface area contributed by atoms with E-state index in [1.807, 2.05) is 0 Å². The van der Waals surface area contributed by atoms with E-state index in [9.17, 15) is 28.8 Å². The Morgan fingerprint density at radius 1 is 0.579 bits per heavy atom. The van der Waals surface area contributed by atoms with E-state index in [-0.39, 0.29) is 0 Å². The predicted octanol–water partition coefficient (Wildman–Crippen LogP) is -3.15. The summed E-state index contributed by atoms with van der Waals surface area (Å²) in [6, 6.07) is 0. The molecule has 0 saturated carbocycles. The molecule has 0 rings (SSSR count). The Bertz CT molecular complexity index is 385. The SMILES string of the molecule is O=C(O)C(=O)[O][Sb]([O]C(=O)C(=O)O)[O]C(=O)C(=O)O. The van der Waals surface area contributed by atoms with Gasteiger partial charge < -0.3 is 0 Å². The summed E-state index contributed by atoms with van der Waals surface area (Å²) in [4.78, 5) is 62.2. The maximum absolute atomic E-state index is 10.6. The molecule has 0 heterocycles. The Hall–Kier alpha value is -2.36. The summed E-state index contributed by atoms with van der Waals surface area (Å²) in [5.41, 5.74) is 0. The van der Waals surface area contributed by atoms with Gasteiger partial charge in [-0.15, -0.1) is 0 Å². The van der Waals surface area contributed by atoms with Crippen molar-refractivity contribution in [2.45, 2.75) is 0 Å². The van der Waals surface area contributed by atoms with Crippen LogP contribution in [0.4, 0.5) is 0 Å². The average Bonchev–Trinajstić information content (AvgIpc) is 2.27. The van der Waals surface area contributed by atoms with Crippen molar-refractivity contribution in [3.05, 3.63) is 0 Å². The molecule has 0 fully saturated rings. The zero-order valence-corrected chi connectivity index (χ0v) is 11.0. The van der Waals surface area contributed by atoms with E-state index in [0.29, 0.717) is 0 Å². The van der Waals surface area contributed by atoms with Gasteiger partial charge in [0.25, 0.3) is 0 Å². The number of carbonyl (C=O) groups is 6. The van der Waals surface area contributed by atoms with Crippen LogP contribution in [0.25, 0.3) is 0 Å². The van der Waals surface area contributed by atoms with Crippen molar-refractivity contribution in [2.75, 3.05) is 0 Å². The molecule has 0 atom stereocenters. The van der Waals surface area contributed by atoms with Gasteiger partial charge in [-0.05, 0) is 0 Å². The van der Waals surface area contributed by atoms with Crippen LogP contribution in [0.15, 0.2) is 0 Å². The molecule has 0 amide bonds. The molecule has 19 heavy (non-hydrogen) atoms. The van der Waals surface area contributed by atoms with Crippen molar-refractivity contribution in [3.8, 4) is 0 Å². The zero-order chi connectivity index (χ0) is 15.2. The van der Waals surface area contributed by atoms with Crippen LogP contribution in [0.2, 0.25) is 0 Å². The number of carbonyl (C=O) groups excluding carboxylic acids is 3. The molecule has 0 radical (unpaired) electrons. The summed E-state index contributed by atoms with van der Waals surface area (Å²) in [6.07, 6.45) is 0. The van der Waals surface area contributed by atoms with Gasteiger partial charge in [0.05, 0.1) is 0 Å². The van der Waals surface area contributed by atoms with E-state index in [1.165, 1.54) is 0 Å². The fourth-order valence-electron chi connectivity index (χ4n) is 0.376. The van der Waals surface area contributed by atoms with E-state index in [2.05, 4.69) is 9.05 Å². The molecule has 12 nitrogen and oxygen atoms in total. The van der Waals surface area contributed by atoms with Crippen molar-refractivity contribution in [1.82, 2.24) is 0 Å². The molecule has 0 aromatic heterocycles. The Morgan fingerprint density at radius 2 is 0.789 bits per heavy atom. The molecule has 104 valence electrons. The van der Waals surface area contributed by atoms with E-state index in [0.717, 1.165) is 0 Å². The van der Waals surface area contributed by atoms with E-state index >= 15 is 0 Å². The van der Waals surface area contributed by atoms with Gasteiger partial charge in [-0.25, -0.2) is 0 Å². The first-order valence-electron chi connectivity index (χ1n) is 3.81. The second-order valence-corrected chi connectivity index (χ2v) is 5.11. The second kappa shape index (κ2) is 7.16. The van der Waals surface area contributed by atoms with Crippen molar-refractivity contribution >= 4 is 57.3 Å². The average molecular weight is 389 g/mol. The van der Waals surface area contributed by atoms with Crippen LogP contribution in [0.5, 0.6) is 0 Å². The fraction of sp³-hybridized carbons (Fsp3) is 0. The van der Waals surface area contributed by atoms with Crippen LogP contribution in [-0.4, -0.2) is 72.6 Å². The van der Waals surface area contributed by atoms with Crippen LogP contribution >= 0.6 is 0 Å². The number of aliphatic carboxylic acids is 3. The van der Waals surface area contributed by atoms with E-state index in [4.69, 9.17) is 15.3 Å². The first-order chi connectivity index (χ1) is 8.65. The number of rotatable bonds is 3. The van der Waals surface area contributed by atoms with Gasteiger partial charge in [0, 0.05) is 0 Å². The van der Waals surface area contributed by atoms with Crippen LogP contribution in [0, 0.1) is 0 Å². The summed E-state index contributed by atoms with van der Waals surface area (Å²) < 4.78 is 11.7. The Balaban J connectivity index is 4.82. The van der Waals surface area contributed by atoms with Gasteiger partial charge in [0.1, 0.15) is 0 Å². The van der Waals surface area contributed by atoms with Crippen LogP contribution in [0.3, 0.4) is 0 Å².